The van der Waals surface area contributed by atoms with E-state index in [0.29, 0.717) is 0 Å². The molecule has 526 valence electrons. The van der Waals surface area contributed by atoms with Crippen molar-refractivity contribution in [2.24, 2.45) is 0 Å². The highest BCUT2D eigenvalue weighted by Gasteiger charge is 2.43. The first kappa shape index (κ1) is 65.7. The van der Waals surface area contributed by atoms with E-state index in [2.05, 4.69) is 396 Å². The molecule has 6 aliphatic carbocycles. The van der Waals surface area contributed by atoms with Crippen molar-refractivity contribution in [2.45, 2.75) is 116 Å². The van der Waals surface area contributed by atoms with E-state index >= 15 is 0 Å². The minimum absolute atomic E-state index is 0.134. The fraction of sp³-hybridized carbons (Fsp3) is 0.170. The third kappa shape index (κ3) is 9.51. The maximum absolute atomic E-state index is 2.53. The van der Waals surface area contributed by atoms with Gasteiger partial charge in [0.15, 0.2) is 0 Å². The highest BCUT2D eigenvalue weighted by Crippen LogP contribution is 2.59. The van der Waals surface area contributed by atoms with Crippen molar-refractivity contribution >= 4 is 89.9 Å². The number of thiophene rings is 1. The van der Waals surface area contributed by atoms with Gasteiger partial charge in [0.05, 0.1) is 0 Å². The summed E-state index contributed by atoms with van der Waals surface area (Å²) in [5, 5.41) is 2.59. The first-order chi connectivity index (χ1) is 52.5. The van der Waals surface area contributed by atoms with Crippen molar-refractivity contribution in [1.82, 2.24) is 0 Å². The van der Waals surface area contributed by atoms with Crippen LogP contribution in [-0.2, 0) is 32.5 Å². The lowest BCUT2D eigenvalue weighted by Gasteiger charge is -2.31. The Kier molecular flexibility index (Phi) is 13.8. The highest BCUT2D eigenvalue weighted by molar-refractivity contribution is 7.25. The molecule has 15 aromatic rings. The van der Waals surface area contributed by atoms with E-state index in [1.807, 2.05) is 11.3 Å². The number of anilines is 6. The third-order valence-electron chi connectivity index (χ3n) is 26.6. The maximum Gasteiger partial charge on any atom is 0.0465 e. The van der Waals surface area contributed by atoms with Crippen molar-refractivity contribution in [1.29, 1.82) is 0 Å². The quantitative estimate of drug-likeness (QED) is 0.126. The second-order valence-corrected chi connectivity index (χ2v) is 36.0. The van der Waals surface area contributed by atoms with Crippen molar-refractivity contribution in [3.05, 3.63) is 368 Å². The molecule has 109 heavy (non-hydrogen) atoms. The van der Waals surface area contributed by atoms with Crippen LogP contribution in [0.2, 0.25) is 0 Å². The molecule has 6 aliphatic rings. The van der Waals surface area contributed by atoms with Crippen LogP contribution in [0.3, 0.4) is 0 Å². The van der Waals surface area contributed by atoms with Crippen LogP contribution in [0.15, 0.2) is 279 Å². The van der Waals surface area contributed by atoms with Gasteiger partial charge in [-0.1, -0.05) is 289 Å². The Balaban J connectivity index is 0.561. The number of hydrogen-bond donors (Lipinski definition) is 0. The van der Waals surface area contributed by atoms with E-state index in [-0.39, 0.29) is 32.5 Å². The zero-order chi connectivity index (χ0) is 74.2. The van der Waals surface area contributed by atoms with Crippen LogP contribution in [0, 0.1) is 0 Å². The zero-order valence-corrected chi connectivity index (χ0v) is 65.0. The van der Waals surface area contributed by atoms with E-state index in [1.54, 1.807) is 0 Å². The van der Waals surface area contributed by atoms with Gasteiger partial charge in [-0.25, -0.2) is 0 Å². The average molecular weight is 1420 g/mol. The molecule has 0 amide bonds. The molecule has 0 saturated heterocycles. The van der Waals surface area contributed by atoms with E-state index in [4.69, 9.17) is 0 Å². The smallest absolute Gasteiger partial charge is 0.0465 e. The molecule has 0 N–H and O–H groups in total. The number of nitrogens with zero attached hydrogens (tertiary/aromatic N) is 2. The first-order valence-corrected chi connectivity index (χ1v) is 39.8. The molecule has 1 aromatic heterocycles. The normalized spacial score (nSPS) is 16.3. The summed E-state index contributed by atoms with van der Waals surface area (Å²) in [6.07, 6.45) is 9.23. The number of rotatable bonds is 10. The molecule has 14 aromatic carbocycles. The summed E-state index contributed by atoms with van der Waals surface area (Å²) in [7, 11) is 0. The minimum Gasteiger partial charge on any atom is -0.310 e. The van der Waals surface area contributed by atoms with E-state index in [0.717, 1.165) is 0 Å². The van der Waals surface area contributed by atoms with Crippen LogP contribution in [0.4, 0.5) is 34.1 Å². The highest BCUT2D eigenvalue weighted by atomic mass is 32.1. The Morgan fingerprint density at radius 2 is 0.385 bits per heavy atom. The lowest BCUT2D eigenvalue weighted by Crippen LogP contribution is -2.19. The summed E-state index contributed by atoms with van der Waals surface area (Å²) in [6, 6.07) is 107. The molecule has 0 unspecified atom stereocenters. The van der Waals surface area contributed by atoms with Gasteiger partial charge in [-0.2, -0.15) is 0 Å². The van der Waals surface area contributed by atoms with Gasteiger partial charge in [0.25, 0.3) is 0 Å². The number of hydrogen-bond acceptors (Lipinski definition) is 3. The molecule has 3 heteroatoms. The molecule has 0 atom stereocenters. The van der Waals surface area contributed by atoms with Crippen molar-refractivity contribution in [3.8, 4) is 66.8 Å². The van der Waals surface area contributed by atoms with Gasteiger partial charge in [-0.15, -0.1) is 11.3 Å². The average Bonchev–Trinajstić information content (AvgIpc) is 1.58. The van der Waals surface area contributed by atoms with Crippen molar-refractivity contribution in [3.63, 3.8) is 0 Å². The third-order valence-corrected chi connectivity index (χ3v) is 27.8. The largest absolute Gasteiger partial charge is 0.310 e. The van der Waals surface area contributed by atoms with E-state index in [1.165, 1.54) is 210 Å². The van der Waals surface area contributed by atoms with Crippen LogP contribution in [0.5, 0.6) is 0 Å². The second kappa shape index (κ2) is 23.0. The Bertz CT molecular complexity index is 5960. The van der Waals surface area contributed by atoms with E-state index in [9.17, 15) is 0 Å². The SMILES string of the molecule is CC1(C)c2ccccc2-c2ccc(N(c3ccc4c(c3)C(C)(C)c3ccccc3-4)c3ccc4c(c3)C(C)(C)c3cc(C=Cc5ccc6sc7ccc(C=Cc8ccc9c(c8)C(C)(C)c8cc(N(c%10ccc%11c(c%10)C(C)(C)c%10ccccc%10-%11)c%10ccc%11c(c%10)C(C)(C)c%10ccccc%10-%11)ccc8-9)cc7c6c5)ccc3-4)cc21. The summed E-state index contributed by atoms with van der Waals surface area (Å²) in [5.41, 5.74) is 43.2. The topological polar surface area (TPSA) is 6.48 Å². The molecular weight excluding hydrogens is 1330 g/mol. The molecule has 0 bridgehead atoms. The van der Waals surface area contributed by atoms with Gasteiger partial charge < -0.3 is 9.80 Å². The van der Waals surface area contributed by atoms with Gasteiger partial charge in [-0.05, 0) is 253 Å². The lowest BCUT2D eigenvalue weighted by molar-refractivity contribution is 0.659. The monoisotopic (exact) mass is 1420 g/mol. The Labute approximate surface area is 645 Å². The van der Waals surface area contributed by atoms with Crippen LogP contribution < -0.4 is 9.80 Å². The summed E-state index contributed by atoms with van der Waals surface area (Å²) in [5.74, 6) is 0. The maximum atomic E-state index is 2.53. The van der Waals surface area contributed by atoms with Crippen molar-refractivity contribution < 1.29 is 0 Å². The summed E-state index contributed by atoms with van der Waals surface area (Å²) in [4.78, 5) is 5.05. The van der Waals surface area contributed by atoms with Crippen molar-refractivity contribution in [2.75, 3.05) is 9.80 Å². The van der Waals surface area contributed by atoms with Gasteiger partial charge in [-0.3, -0.25) is 0 Å². The summed E-state index contributed by atoms with van der Waals surface area (Å²) in [6.45, 7) is 28.8. The Morgan fingerprint density at radius 3 is 0.642 bits per heavy atom. The molecule has 21 rings (SSSR count). The summed E-state index contributed by atoms with van der Waals surface area (Å²) < 4.78 is 2.60. The molecule has 1 heterocycles. The standard InChI is InChI=1S/C106H86N2S/c1-101(2)87-25-17-13-21-73(87)79-45-37-67(57-93(79)101)107(68-38-46-80-74-22-14-18-26-88(74)102(3,4)94(80)58-68)71-41-49-83-77-43-33-65(55-91(77)105(9,10)97(83)61-71)31-29-63-35-51-99-85(53-63)86-54-64(36-52-100(86)109-99)30-32-66-34-44-78-84-50-42-72(62-98(84)106(11,12)92(78)56-66)108(69-39-47-81-75-23-15-19-27-89(75)103(5,6)95(81)59-69)70-40-48-82-76-24-16-20-28-90(76)104(7,8)96(82)60-70/h13-62H,1-12H3. The predicted octanol–water partition coefficient (Wildman–Crippen LogP) is 29.2. The van der Waals surface area contributed by atoms with Gasteiger partial charge >= 0.3 is 0 Å². The first-order valence-electron chi connectivity index (χ1n) is 39.0. The molecule has 2 nitrogen and oxygen atoms in total. The minimum atomic E-state index is -0.246. The Hall–Kier alpha value is -11.6. The fourth-order valence-corrected chi connectivity index (χ4v) is 21.7. The van der Waals surface area contributed by atoms with Crippen LogP contribution in [-0.4, -0.2) is 0 Å². The van der Waals surface area contributed by atoms with Crippen LogP contribution in [0.25, 0.3) is 111 Å². The zero-order valence-electron chi connectivity index (χ0n) is 64.2. The molecular formula is C106H86N2S. The van der Waals surface area contributed by atoms with Gasteiger partial charge in [0.1, 0.15) is 0 Å². The number of fused-ring (bicyclic) bond motifs is 21. The lowest BCUT2D eigenvalue weighted by atomic mass is 9.81. The fourth-order valence-electron chi connectivity index (χ4n) is 20.6. The molecule has 0 saturated carbocycles. The predicted molar refractivity (Wildman–Crippen MR) is 465 cm³/mol. The molecule has 0 aliphatic heterocycles. The van der Waals surface area contributed by atoms with Gasteiger partial charge in [0, 0.05) is 86.8 Å². The molecule has 0 radical (unpaired) electrons. The Morgan fingerprint density at radius 1 is 0.193 bits per heavy atom. The molecule has 0 spiro atoms. The summed E-state index contributed by atoms with van der Waals surface area (Å²) >= 11 is 1.88. The second-order valence-electron chi connectivity index (χ2n) is 34.9. The van der Waals surface area contributed by atoms with Gasteiger partial charge in [0.2, 0.25) is 0 Å². The molecule has 0 fully saturated rings. The van der Waals surface area contributed by atoms with E-state index < -0.39 is 0 Å². The van der Waals surface area contributed by atoms with Crippen LogP contribution >= 0.6 is 11.3 Å². The van der Waals surface area contributed by atoms with Crippen LogP contribution in [0.1, 0.15) is 172 Å². The number of benzene rings is 14.